The van der Waals surface area contributed by atoms with Crippen LogP contribution in [0.15, 0.2) is 111 Å². The van der Waals surface area contributed by atoms with Crippen molar-refractivity contribution in [1.29, 1.82) is 10.5 Å². The zero-order chi connectivity index (χ0) is 56.3. The molecule has 0 saturated carbocycles. The molecular weight excluding hydrogens is 1850 g/mol. The summed E-state index contributed by atoms with van der Waals surface area (Å²) in [5.74, 6) is 0. The van der Waals surface area contributed by atoms with Gasteiger partial charge in [-0.15, -0.1) is 0 Å². The van der Waals surface area contributed by atoms with Crippen LogP contribution in [0.1, 0.15) is 125 Å². The van der Waals surface area contributed by atoms with Gasteiger partial charge < -0.3 is 203 Å². The first-order chi connectivity index (χ1) is 35.7. The van der Waals surface area contributed by atoms with Gasteiger partial charge in [0.05, 0.1) is 117 Å². The number of nitriles is 2. The number of hydrogen-bond donors (Lipinski definition) is 0. The Morgan fingerprint density at radius 2 is 0.372 bits per heavy atom. The van der Waals surface area contributed by atoms with Crippen LogP contribution in [0, 0.1) is 22.7 Å². The molecule has 6 rings (SSSR count). The van der Waals surface area contributed by atoms with Crippen LogP contribution in [0.4, 0.5) is 0 Å². The van der Waals surface area contributed by atoms with Crippen LogP contribution in [0.3, 0.4) is 0 Å². The monoisotopic (exact) mass is 1960 g/mol. The Kier molecular flexibility index (Phi) is 169. The first-order valence-electron chi connectivity index (χ1n) is 28.0. The average molecular weight is 1950 g/mol. The van der Waals surface area contributed by atoms with E-state index in [1.54, 1.807) is 49.3 Å². The maximum absolute atomic E-state index is 7.32. The molecule has 0 saturated heterocycles. The van der Waals surface area contributed by atoms with Gasteiger partial charge in [0.25, 0.3) is 0 Å². The smallest absolute Gasteiger partial charge is 2.00 e. The molecule has 18 nitrogen and oxygen atoms in total. The van der Waals surface area contributed by atoms with E-state index in [2.05, 4.69) is 141 Å². The quantitative estimate of drug-likeness (QED) is 0.0501. The number of rotatable bonds is 22. The summed E-state index contributed by atoms with van der Waals surface area (Å²) < 4.78 is 16.4. The number of aromatic nitrogens is 12. The average Bonchev–Trinajstić information content (AvgIpc) is 4.33. The molecular formula is C54H106B2Cl4Fe6Mo2N18S8. The van der Waals surface area contributed by atoms with Crippen molar-refractivity contribution in [1.82, 2.24) is 58.1 Å². The minimum absolute atomic E-state index is 0. The van der Waals surface area contributed by atoms with Crippen LogP contribution in [-0.4, -0.2) is 195 Å². The summed E-state index contributed by atoms with van der Waals surface area (Å²) in [5.41, 5.74) is 0. The molecule has 0 aliphatic heterocycles. The van der Waals surface area contributed by atoms with Gasteiger partial charge >= 0.3 is 159 Å². The van der Waals surface area contributed by atoms with Crippen molar-refractivity contribution in [3.63, 3.8) is 0 Å². The van der Waals surface area contributed by atoms with E-state index in [0.717, 1.165) is 0 Å². The van der Waals surface area contributed by atoms with Crippen molar-refractivity contribution in [2.75, 3.05) is 105 Å². The van der Waals surface area contributed by atoms with Crippen LogP contribution in [0.2, 0.25) is 0 Å². The van der Waals surface area contributed by atoms with Crippen molar-refractivity contribution < 1.29 is 212 Å². The number of nitrogens with zero attached hydrogens (tertiary/aromatic N) is 18. The standard InChI is InChI=1S/2C9H10BN6.4C8H20N.2C2H3N.4ClH.6Fe.2Mo.8S/c2*1-4-11-14(7-1)10(15-8-2-5-12-15)16-9-3-6-13-16;4*1-5-9(6-2,7-3)8-4;2*1-2-3;;;;;;;;;;;;;;;;;;;;/h2*1-10H;4*5-8H2,1-4H3;2*1H3;4*1H;;;;;;;;;;;;;;;;/q2*-1;4*+1;;;;;;;5*+2;+3;+2;+3;8*-2/p-4. The van der Waals surface area contributed by atoms with Gasteiger partial charge in [-0.2, -0.15) is 10.5 Å². The molecule has 0 fully saturated rings. The second kappa shape index (κ2) is 99.8. The van der Waals surface area contributed by atoms with Crippen molar-refractivity contribution in [3.8, 4) is 12.1 Å². The maximum atomic E-state index is 7.32. The van der Waals surface area contributed by atoms with E-state index in [1.165, 1.54) is 136 Å². The molecule has 2 radical (unpaired) electrons. The van der Waals surface area contributed by atoms with E-state index in [9.17, 15) is 0 Å². The van der Waals surface area contributed by atoms with Gasteiger partial charge in [-0.1, -0.05) is 0 Å². The second-order valence-electron chi connectivity index (χ2n) is 18.0. The molecule has 0 aliphatic carbocycles. The summed E-state index contributed by atoms with van der Waals surface area (Å²) in [6.45, 7) is 59.8. The molecule has 554 valence electrons. The Morgan fingerprint density at radius 1 is 0.287 bits per heavy atom. The van der Waals surface area contributed by atoms with E-state index in [4.69, 9.17) is 10.5 Å². The largest absolute Gasteiger partial charge is 3.00 e. The Hall–Kier alpha value is 2.66. The Morgan fingerprint density at radius 3 is 0.415 bits per heavy atom. The summed E-state index contributed by atoms with van der Waals surface area (Å²) in [7, 11) is -2.25. The molecule has 0 unspecified atom stereocenters. The summed E-state index contributed by atoms with van der Waals surface area (Å²) in [5, 5.41) is 40.2. The van der Waals surface area contributed by atoms with E-state index < -0.39 is 14.2 Å². The van der Waals surface area contributed by atoms with E-state index in [1.807, 2.05) is 101 Å². The summed E-state index contributed by atoms with van der Waals surface area (Å²) in [6.07, 6.45) is 22.1. The van der Waals surface area contributed by atoms with Crippen LogP contribution < -0.4 is 49.6 Å². The summed E-state index contributed by atoms with van der Waals surface area (Å²) in [4.78, 5) is 0. The molecule has 0 amide bonds. The summed E-state index contributed by atoms with van der Waals surface area (Å²) in [6, 6.07) is 14.9. The van der Waals surface area contributed by atoms with Crippen molar-refractivity contribution in [2.24, 2.45) is 0 Å². The molecule has 0 aromatic carbocycles. The normalized spacial score (nSPS) is 8.53. The molecule has 6 aromatic heterocycles. The molecule has 6 aromatic rings. The number of quaternary nitrogens is 4. The van der Waals surface area contributed by atoms with Gasteiger partial charge in [0.1, 0.15) is 0 Å². The molecule has 6 heterocycles. The van der Waals surface area contributed by atoms with E-state index >= 15 is 0 Å². The summed E-state index contributed by atoms with van der Waals surface area (Å²) >= 11 is 0. The predicted molar refractivity (Wildman–Crippen MR) is 371 cm³/mol. The minimum atomic E-state index is -1.12. The third-order valence-corrected chi connectivity index (χ3v) is 15.8. The van der Waals surface area contributed by atoms with E-state index in [0.29, 0.717) is 0 Å². The molecule has 0 aliphatic rings. The van der Waals surface area contributed by atoms with Gasteiger partial charge in [0, 0.05) is 51.0 Å². The Balaban J connectivity index is -0.0000000318. The molecule has 0 atom stereocenters. The molecule has 0 spiro atoms. The van der Waals surface area contributed by atoms with Crippen LogP contribution >= 0.6 is 0 Å². The van der Waals surface area contributed by atoms with Gasteiger partial charge in [0.15, 0.2) is 0 Å². The fraction of sp³-hybridized carbons (Fsp3) is 0.630. The fourth-order valence-electron chi connectivity index (χ4n) is 9.06. The minimum Gasteiger partial charge on any atom is -2.00 e. The van der Waals surface area contributed by atoms with Gasteiger partial charge in [-0.25, -0.2) is 30.6 Å². The Labute approximate surface area is 745 Å². The first kappa shape index (κ1) is 159. The van der Waals surface area contributed by atoms with Crippen LogP contribution in [0.5, 0.6) is 0 Å². The molecule has 0 bridgehead atoms. The first-order valence-corrected chi connectivity index (χ1v) is 28.0. The van der Waals surface area contributed by atoms with E-state index in [-0.39, 0.29) is 302 Å². The molecule has 0 N–H and O–H groups in total. The van der Waals surface area contributed by atoms with Gasteiger partial charge in [0.2, 0.25) is 0 Å². The van der Waals surface area contributed by atoms with Crippen molar-refractivity contribution in [2.45, 2.75) is 125 Å². The molecule has 40 heteroatoms. The topological polar surface area (TPSA) is 154 Å². The zero-order valence-electron chi connectivity index (χ0n) is 57.9. The third kappa shape index (κ3) is 61.0. The number of halogens is 4. The van der Waals surface area contributed by atoms with Crippen LogP contribution in [-0.2, 0) is 253 Å². The van der Waals surface area contributed by atoms with Gasteiger partial charge in [-0.3, -0.25) is 0 Å². The molecule has 94 heavy (non-hydrogen) atoms. The Bertz CT molecular complexity index is 1800. The SMILES string of the molecule is CC#N.CC#N.CC[N+](CC)(CC)CC.CC[N+](CC)(CC)CC.CC[N+](CC)(CC)CC.CC[N+](CC)(CC)CC.[Cl-].[Cl-].[Cl-].[Cl-].[Fe+2].[Fe+2].[Fe+2].[Fe+2].[Fe+2].[Fe+3].[Mo+2].[Mo+3].[S-2].[S-2].[S-2].[S-2].[S-2].[S-2].[S-2].[S-2].c1cnn([BH-](n2cccn2)n2cccn2)c1.c1cnn([BH-](n2cccn2)n2cccn2)c1. The van der Waals surface area contributed by atoms with Crippen molar-refractivity contribution in [3.05, 3.63) is 111 Å². The number of hydrogen-bond acceptors (Lipinski definition) is 8. The zero-order valence-corrected chi connectivity index (χ0v) is 78.1. The second-order valence-corrected chi connectivity index (χ2v) is 18.0. The van der Waals surface area contributed by atoms with Crippen LogP contribution in [0.25, 0.3) is 0 Å². The van der Waals surface area contributed by atoms with Crippen molar-refractivity contribution >= 4 is 122 Å². The fourth-order valence-corrected chi connectivity index (χ4v) is 9.06. The van der Waals surface area contributed by atoms with Gasteiger partial charge in [-0.05, 0) is 184 Å². The maximum Gasteiger partial charge on any atom is 3.00 e. The third-order valence-electron chi connectivity index (χ3n) is 15.8. The predicted octanol–water partition coefficient (Wildman–Crippen LogP) is -3.56.